The number of fused-ring (bicyclic) bond motifs is 2. The smallest absolute Gasteiger partial charge is 0.335 e. The van der Waals surface area contributed by atoms with E-state index in [1.807, 2.05) is 0 Å². The number of nitrogens with zero attached hydrogens (tertiary/aromatic N) is 2. The molecule has 0 radical (unpaired) electrons. The van der Waals surface area contributed by atoms with Crippen LogP contribution in [0.4, 0.5) is 11.4 Å². The molecule has 1 heterocycles. The summed E-state index contributed by atoms with van der Waals surface area (Å²) in [4.78, 5) is 23.5. The Kier molecular flexibility index (Phi) is 4.50. The van der Waals surface area contributed by atoms with Gasteiger partial charge in [0, 0.05) is 17.9 Å². The van der Waals surface area contributed by atoms with Gasteiger partial charge in [-0.2, -0.15) is 5.11 Å². The number of carboxylic acid groups (broad SMARTS) is 1. The number of carbonyl (C=O) groups excluding carboxylic acids is 1. The van der Waals surface area contributed by atoms with Crippen molar-refractivity contribution in [2.45, 2.75) is 19.4 Å². The molecule has 0 fully saturated rings. The number of ether oxygens (including phenoxy) is 1. The zero-order chi connectivity index (χ0) is 21.6. The van der Waals surface area contributed by atoms with E-state index in [4.69, 9.17) is 9.84 Å². The Balaban J connectivity index is 1.95. The Morgan fingerprint density at radius 3 is 2.47 bits per heavy atom. The van der Waals surface area contributed by atoms with E-state index < -0.39 is 23.6 Å². The first-order chi connectivity index (χ1) is 14.3. The van der Waals surface area contributed by atoms with Crippen molar-refractivity contribution in [2.24, 2.45) is 10.2 Å². The molecule has 0 aromatic heterocycles. The van der Waals surface area contributed by atoms with Gasteiger partial charge in [-0.3, -0.25) is 4.79 Å². The number of phenols is 3. The summed E-state index contributed by atoms with van der Waals surface area (Å²) < 4.78 is 5.77. The van der Waals surface area contributed by atoms with E-state index in [9.17, 15) is 24.9 Å². The number of benzene rings is 3. The van der Waals surface area contributed by atoms with Crippen LogP contribution in [-0.4, -0.2) is 38.3 Å². The van der Waals surface area contributed by atoms with E-state index in [1.54, 1.807) is 6.92 Å². The molecule has 1 aliphatic heterocycles. The van der Waals surface area contributed by atoms with Crippen LogP contribution in [-0.2, 0) is 0 Å². The van der Waals surface area contributed by atoms with Gasteiger partial charge < -0.3 is 25.2 Å². The average molecular weight is 408 g/mol. The highest BCUT2D eigenvalue weighted by molar-refractivity contribution is 6.14. The first-order valence-corrected chi connectivity index (χ1v) is 8.95. The van der Waals surface area contributed by atoms with Crippen LogP contribution in [0.3, 0.4) is 0 Å². The van der Waals surface area contributed by atoms with E-state index in [2.05, 4.69) is 10.2 Å². The van der Waals surface area contributed by atoms with Gasteiger partial charge in [0.05, 0.1) is 16.6 Å². The van der Waals surface area contributed by atoms with Crippen molar-refractivity contribution >= 4 is 33.9 Å². The fourth-order valence-electron chi connectivity index (χ4n) is 3.38. The summed E-state index contributed by atoms with van der Waals surface area (Å²) in [7, 11) is 0. The van der Waals surface area contributed by atoms with Crippen LogP contribution >= 0.6 is 0 Å². The standard InChI is InChI=1S/C21H16N2O7/c1-9-6-14(25)17-19(27)16-13(7-12(24)8-15(16)26)18(20(17)30-9)23-22-11-4-2-10(3-5-11)21(28)29/h2-5,7-9,24,26-27H,6H2,1H3,(H,28,29)/b23-22+. The minimum Gasteiger partial charge on any atom is -0.508 e. The van der Waals surface area contributed by atoms with Gasteiger partial charge in [-0.1, -0.05) is 0 Å². The van der Waals surface area contributed by atoms with Gasteiger partial charge in [-0.15, -0.1) is 5.11 Å². The van der Waals surface area contributed by atoms with Gasteiger partial charge in [-0.25, -0.2) is 4.79 Å². The second-order valence-electron chi connectivity index (χ2n) is 6.90. The number of aromatic carboxylic acids is 1. The monoisotopic (exact) mass is 408 g/mol. The molecule has 1 atom stereocenters. The minimum absolute atomic E-state index is 0.000318. The van der Waals surface area contributed by atoms with Crippen molar-refractivity contribution in [3.05, 3.63) is 47.5 Å². The summed E-state index contributed by atoms with van der Waals surface area (Å²) in [5.41, 5.74) is 0.344. The number of carboxylic acids is 1. The highest BCUT2D eigenvalue weighted by atomic mass is 16.5. The molecule has 0 saturated carbocycles. The zero-order valence-corrected chi connectivity index (χ0v) is 15.7. The number of Topliss-reactive ketones (excluding diaryl/α,β-unsaturated/α-hetero) is 1. The Morgan fingerprint density at radius 1 is 1.10 bits per heavy atom. The van der Waals surface area contributed by atoms with E-state index in [1.165, 1.54) is 30.3 Å². The van der Waals surface area contributed by atoms with Crippen molar-refractivity contribution in [2.75, 3.05) is 0 Å². The quantitative estimate of drug-likeness (QED) is 0.468. The number of hydrogen-bond acceptors (Lipinski definition) is 8. The van der Waals surface area contributed by atoms with Gasteiger partial charge >= 0.3 is 5.97 Å². The number of phenolic OH excluding ortho intramolecular Hbond substituents is 3. The third-order valence-electron chi connectivity index (χ3n) is 4.72. The SMILES string of the molecule is CC1CC(=O)c2c(c(/N=N/c3ccc(C(=O)O)cc3)c3cc(O)cc(O)c3c2O)O1. The van der Waals surface area contributed by atoms with Crippen LogP contribution in [0.2, 0.25) is 0 Å². The normalized spacial score (nSPS) is 15.9. The van der Waals surface area contributed by atoms with Crippen LogP contribution in [0.5, 0.6) is 23.0 Å². The van der Waals surface area contributed by atoms with Crippen molar-refractivity contribution in [1.82, 2.24) is 0 Å². The molecule has 1 unspecified atom stereocenters. The third kappa shape index (κ3) is 3.16. The zero-order valence-electron chi connectivity index (χ0n) is 15.7. The van der Waals surface area contributed by atoms with E-state index >= 15 is 0 Å². The number of carbonyl (C=O) groups is 2. The van der Waals surface area contributed by atoms with Crippen molar-refractivity contribution in [3.63, 3.8) is 0 Å². The maximum Gasteiger partial charge on any atom is 0.335 e. The summed E-state index contributed by atoms with van der Waals surface area (Å²) in [5, 5.41) is 48.1. The fourth-order valence-corrected chi connectivity index (χ4v) is 3.38. The summed E-state index contributed by atoms with van der Waals surface area (Å²) >= 11 is 0. The lowest BCUT2D eigenvalue weighted by Crippen LogP contribution is -2.24. The lowest BCUT2D eigenvalue weighted by Gasteiger charge is -2.25. The van der Waals surface area contributed by atoms with E-state index in [0.29, 0.717) is 5.69 Å². The van der Waals surface area contributed by atoms with Crippen molar-refractivity contribution in [1.29, 1.82) is 0 Å². The Bertz CT molecular complexity index is 1230. The predicted octanol–water partition coefficient (Wildman–Crippen LogP) is 4.42. The van der Waals surface area contributed by atoms with Crippen LogP contribution in [0.25, 0.3) is 10.8 Å². The molecule has 9 nitrogen and oxygen atoms in total. The number of rotatable bonds is 3. The summed E-state index contributed by atoms with van der Waals surface area (Å²) in [5.74, 6) is -2.63. The molecule has 3 aromatic rings. The molecule has 0 saturated heterocycles. The Morgan fingerprint density at radius 2 is 1.80 bits per heavy atom. The highest BCUT2D eigenvalue weighted by Gasteiger charge is 2.33. The Hall–Kier alpha value is -4.14. The van der Waals surface area contributed by atoms with Gasteiger partial charge in [0.1, 0.15) is 34.6 Å². The number of aromatic hydroxyl groups is 3. The second-order valence-corrected chi connectivity index (χ2v) is 6.90. The molecule has 0 amide bonds. The van der Waals surface area contributed by atoms with Crippen LogP contribution < -0.4 is 4.74 Å². The van der Waals surface area contributed by atoms with Gasteiger partial charge in [0.15, 0.2) is 11.5 Å². The number of hydrogen-bond donors (Lipinski definition) is 4. The minimum atomic E-state index is -1.08. The third-order valence-corrected chi connectivity index (χ3v) is 4.72. The second kappa shape index (κ2) is 7.03. The number of ketones is 1. The fraction of sp³-hybridized carbons (Fsp3) is 0.143. The molecular formula is C21H16N2O7. The lowest BCUT2D eigenvalue weighted by atomic mass is 9.94. The topological polar surface area (TPSA) is 149 Å². The molecule has 3 aromatic carbocycles. The molecule has 1 aliphatic rings. The maximum absolute atomic E-state index is 12.6. The molecule has 152 valence electrons. The molecule has 0 spiro atoms. The molecular weight excluding hydrogens is 392 g/mol. The lowest BCUT2D eigenvalue weighted by molar-refractivity contribution is 0.0696. The molecule has 0 aliphatic carbocycles. The van der Waals surface area contributed by atoms with Gasteiger partial charge in [-0.05, 0) is 37.3 Å². The summed E-state index contributed by atoms with van der Waals surface area (Å²) in [6, 6.07) is 7.93. The van der Waals surface area contributed by atoms with Crippen LogP contribution in [0.15, 0.2) is 46.6 Å². The van der Waals surface area contributed by atoms with Gasteiger partial charge in [0.25, 0.3) is 0 Å². The molecule has 30 heavy (non-hydrogen) atoms. The molecule has 0 bridgehead atoms. The summed E-state index contributed by atoms with van der Waals surface area (Å²) in [6.07, 6.45) is -0.436. The van der Waals surface area contributed by atoms with Gasteiger partial charge in [0.2, 0.25) is 0 Å². The first kappa shape index (κ1) is 19.2. The molecule has 9 heteroatoms. The van der Waals surface area contributed by atoms with Crippen LogP contribution in [0, 0.1) is 0 Å². The van der Waals surface area contributed by atoms with Crippen molar-refractivity contribution < 1.29 is 34.8 Å². The number of azo groups is 1. The Labute approximate surface area is 169 Å². The van der Waals surface area contributed by atoms with Crippen molar-refractivity contribution in [3.8, 4) is 23.0 Å². The largest absolute Gasteiger partial charge is 0.508 e. The van der Waals surface area contributed by atoms with Crippen LogP contribution in [0.1, 0.15) is 34.1 Å². The first-order valence-electron chi connectivity index (χ1n) is 8.95. The molecule has 4 N–H and O–H groups in total. The average Bonchev–Trinajstić information content (AvgIpc) is 2.66. The maximum atomic E-state index is 12.6. The molecule has 4 rings (SSSR count). The highest BCUT2D eigenvalue weighted by Crippen LogP contribution is 2.51. The summed E-state index contributed by atoms with van der Waals surface area (Å²) in [6.45, 7) is 1.69. The van der Waals surface area contributed by atoms with E-state index in [0.717, 1.165) is 6.07 Å². The van der Waals surface area contributed by atoms with E-state index in [-0.39, 0.29) is 51.3 Å². The predicted molar refractivity (Wildman–Crippen MR) is 106 cm³/mol.